The monoisotopic (exact) mass is 516 g/mol. The van der Waals surface area contributed by atoms with Gasteiger partial charge in [-0.25, -0.2) is 4.98 Å². The Morgan fingerprint density at radius 2 is 1.97 bits per heavy atom. The Balaban J connectivity index is 1.37. The molecule has 0 unspecified atom stereocenters. The van der Waals surface area contributed by atoms with E-state index in [1.165, 1.54) is 31.1 Å². The highest BCUT2D eigenvalue weighted by molar-refractivity contribution is 9.10. The normalized spacial score (nSPS) is 14.0. The van der Waals surface area contributed by atoms with Gasteiger partial charge in [0.1, 0.15) is 28.9 Å². The maximum atomic E-state index is 11.1. The third-order valence-corrected chi connectivity index (χ3v) is 6.40. The number of halogens is 1. The zero-order chi connectivity index (χ0) is 22.5. The summed E-state index contributed by atoms with van der Waals surface area (Å²) < 4.78 is 18.5. The van der Waals surface area contributed by atoms with E-state index < -0.39 is 0 Å². The average molecular weight is 517 g/mol. The number of carbonyl (C=O) groups is 1. The number of hydrogen-bond donors (Lipinski definition) is 1. The van der Waals surface area contributed by atoms with Crippen molar-refractivity contribution in [3.05, 3.63) is 53.1 Å². The molecule has 1 atom stereocenters. The van der Waals surface area contributed by atoms with Gasteiger partial charge in [-0.3, -0.25) is 4.79 Å². The standard InChI is InChI=1S/C24H25BrN2O4S/c1-15(27-16(2)28)13-30-23-12-26-24(32-23)21-9-8-20(11-22(21)25)31-19-5-3-4-18(10-19)29-14-17-6-7-17/h3-5,8-12,15,17H,6-7,13-14H2,1-2H3,(H,27,28)/t15-/m0/s1. The summed E-state index contributed by atoms with van der Waals surface area (Å²) in [6.07, 6.45) is 4.23. The van der Waals surface area contributed by atoms with E-state index in [4.69, 9.17) is 14.2 Å². The smallest absolute Gasteiger partial charge is 0.217 e. The van der Waals surface area contributed by atoms with Crippen molar-refractivity contribution in [3.8, 4) is 32.9 Å². The van der Waals surface area contributed by atoms with E-state index in [1.54, 1.807) is 6.20 Å². The van der Waals surface area contributed by atoms with Gasteiger partial charge in [0.15, 0.2) is 5.06 Å². The molecular formula is C24H25BrN2O4S. The number of ether oxygens (including phenoxy) is 3. The Labute approximate surface area is 200 Å². The van der Waals surface area contributed by atoms with Gasteiger partial charge in [-0.15, -0.1) is 0 Å². The molecule has 1 heterocycles. The maximum Gasteiger partial charge on any atom is 0.217 e. The second-order valence-electron chi connectivity index (χ2n) is 7.87. The van der Waals surface area contributed by atoms with Crippen LogP contribution in [0.15, 0.2) is 53.1 Å². The lowest BCUT2D eigenvalue weighted by Gasteiger charge is -2.12. The Morgan fingerprint density at radius 1 is 1.19 bits per heavy atom. The summed E-state index contributed by atoms with van der Waals surface area (Å²) in [6.45, 7) is 4.55. The van der Waals surface area contributed by atoms with Crippen LogP contribution in [0.2, 0.25) is 0 Å². The molecule has 8 heteroatoms. The fourth-order valence-corrected chi connectivity index (χ4v) is 4.53. The fourth-order valence-electron chi connectivity index (χ4n) is 3.04. The molecule has 32 heavy (non-hydrogen) atoms. The van der Waals surface area contributed by atoms with Crippen molar-refractivity contribution in [2.45, 2.75) is 32.7 Å². The van der Waals surface area contributed by atoms with Gasteiger partial charge in [-0.1, -0.05) is 17.4 Å². The van der Waals surface area contributed by atoms with Crippen LogP contribution in [-0.4, -0.2) is 30.1 Å². The summed E-state index contributed by atoms with van der Waals surface area (Å²) in [5.41, 5.74) is 0.952. The zero-order valence-electron chi connectivity index (χ0n) is 18.0. The Hall–Kier alpha value is -2.58. The van der Waals surface area contributed by atoms with Crippen LogP contribution >= 0.6 is 27.3 Å². The molecule has 1 aromatic heterocycles. The van der Waals surface area contributed by atoms with Crippen molar-refractivity contribution in [3.63, 3.8) is 0 Å². The van der Waals surface area contributed by atoms with Gasteiger partial charge in [0, 0.05) is 23.0 Å². The molecule has 0 radical (unpaired) electrons. The van der Waals surface area contributed by atoms with Crippen molar-refractivity contribution in [1.29, 1.82) is 0 Å². The van der Waals surface area contributed by atoms with Crippen molar-refractivity contribution in [1.82, 2.24) is 10.3 Å². The molecule has 0 spiro atoms. The topological polar surface area (TPSA) is 69.7 Å². The van der Waals surface area contributed by atoms with Gasteiger partial charge in [0.2, 0.25) is 5.91 Å². The molecule has 0 saturated heterocycles. The third kappa shape index (κ3) is 6.46. The minimum absolute atomic E-state index is 0.0705. The number of carbonyl (C=O) groups excluding carboxylic acids is 1. The minimum Gasteiger partial charge on any atom is -0.493 e. The summed E-state index contributed by atoms with van der Waals surface area (Å²) in [4.78, 5) is 15.6. The van der Waals surface area contributed by atoms with Gasteiger partial charge in [-0.05, 0) is 71.9 Å². The lowest BCUT2D eigenvalue weighted by Crippen LogP contribution is -2.35. The predicted octanol–water partition coefficient (Wildman–Crippen LogP) is 6.06. The van der Waals surface area contributed by atoms with Gasteiger partial charge in [-0.2, -0.15) is 0 Å². The molecule has 1 aliphatic carbocycles. The lowest BCUT2D eigenvalue weighted by molar-refractivity contribution is -0.119. The molecule has 1 saturated carbocycles. The van der Waals surface area contributed by atoms with Crippen LogP contribution in [0.25, 0.3) is 10.6 Å². The second kappa shape index (κ2) is 10.4. The van der Waals surface area contributed by atoms with Crippen LogP contribution in [0.1, 0.15) is 26.7 Å². The SMILES string of the molecule is CC(=O)N[C@@H](C)COc1cnc(-c2ccc(Oc3cccc(OCC4CC4)c3)cc2Br)s1. The third-order valence-electron chi connectivity index (χ3n) is 4.80. The van der Waals surface area contributed by atoms with Crippen LogP contribution < -0.4 is 19.5 Å². The number of aromatic nitrogens is 1. The molecule has 0 bridgehead atoms. The van der Waals surface area contributed by atoms with Crippen molar-refractivity contribution < 1.29 is 19.0 Å². The number of nitrogens with zero attached hydrogens (tertiary/aromatic N) is 1. The fraction of sp³-hybridized carbons (Fsp3) is 0.333. The summed E-state index contributed by atoms with van der Waals surface area (Å²) in [5, 5.41) is 4.33. The molecule has 4 rings (SSSR count). The van der Waals surface area contributed by atoms with Crippen LogP contribution in [0.3, 0.4) is 0 Å². The van der Waals surface area contributed by atoms with Crippen LogP contribution in [-0.2, 0) is 4.79 Å². The summed E-state index contributed by atoms with van der Waals surface area (Å²) in [5.74, 6) is 2.91. The van der Waals surface area contributed by atoms with Gasteiger partial charge >= 0.3 is 0 Å². The molecule has 168 valence electrons. The first kappa shape index (κ1) is 22.6. The molecule has 1 N–H and O–H groups in total. The highest BCUT2D eigenvalue weighted by atomic mass is 79.9. The van der Waals surface area contributed by atoms with E-state index in [0.29, 0.717) is 17.6 Å². The summed E-state index contributed by atoms with van der Waals surface area (Å²) in [6, 6.07) is 13.5. The van der Waals surface area contributed by atoms with Crippen molar-refractivity contribution >= 4 is 33.2 Å². The van der Waals surface area contributed by atoms with Crippen LogP contribution in [0, 0.1) is 5.92 Å². The summed E-state index contributed by atoms with van der Waals surface area (Å²) in [7, 11) is 0. The first-order chi connectivity index (χ1) is 15.5. The predicted molar refractivity (Wildman–Crippen MR) is 129 cm³/mol. The molecule has 1 amide bonds. The lowest BCUT2D eigenvalue weighted by atomic mass is 10.2. The Kier molecular flexibility index (Phi) is 7.32. The van der Waals surface area contributed by atoms with Crippen molar-refractivity contribution in [2.24, 2.45) is 5.92 Å². The van der Waals surface area contributed by atoms with Gasteiger partial charge in [0.25, 0.3) is 0 Å². The zero-order valence-corrected chi connectivity index (χ0v) is 20.4. The number of rotatable bonds is 10. The molecular weight excluding hydrogens is 492 g/mol. The molecule has 2 aromatic carbocycles. The molecule has 1 fully saturated rings. The number of nitrogens with one attached hydrogen (secondary N) is 1. The van der Waals surface area contributed by atoms with E-state index in [-0.39, 0.29) is 11.9 Å². The average Bonchev–Trinajstić information content (AvgIpc) is 3.47. The number of thiazole rings is 1. The molecule has 1 aliphatic rings. The van der Waals surface area contributed by atoms with E-state index in [1.807, 2.05) is 49.4 Å². The van der Waals surface area contributed by atoms with Crippen LogP contribution in [0.5, 0.6) is 22.3 Å². The molecule has 6 nitrogen and oxygen atoms in total. The van der Waals surface area contributed by atoms with Crippen LogP contribution in [0.4, 0.5) is 0 Å². The highest BCUT2D eigenvalue weighted by Crippen LogP contribution is 2.37. The van der Waals surface area contributed by atoms with E-state index in [0.717, 1.165) is 38.9 Å². The second-order valence-corrected chi connectivity index (χ2v) is 9.72. The number of amides is 1. The number of hydrogen-bond acceptors (Lipinski definition) is 6. The van der Waals surface area contributed by atoms with Gasteiger partial charge < -0.3 is 19.5 Å². The summed E-state index contributed by atoms with van der Waals surface area (Å²) >= 11 is 5.08. The molecule has 0 aliphatic heterocycles. The minimum atomic E-state index is -0.0742. The van der Waals surface area contributed by atoms with Gasteiger partial charge in [0.05, 0.1) is 18.8 Å². The largest absolute Gasteiger partial charge is 0.493 e. The Bertz CT molecular complexity index is 1080. The van der Waals surface area contributed by atoms with E-state index in [2.05, 4.69) is 26.2 Å². The number of benzene rings is 2. The Morgan fingerprint density at radius 3 is 2.72 bits per heavy atom. The first-order valence-corrected chi connectivity index (χ1v) is 12.1. The molecule has 3 aromatic rings. The highest BCUT2D eigenvalue weighted by Gasteiger charge is 2.22. The van der Waals surface area contributed by atoms with Crippen molar-refractivity contribution in [2.75, 3.05) is 13.2 Å². The van der Waals surface area contributed by atoms with E-state index in [9.17, 15) is 4.79 Å². The van der Waals surface area contributed by atoms with E-state index >= 15 is 0 Å². The quantitative estimate of drug-likeness (QED) is 0.354. The first-order valence-electron chi connectivity index (χ1n) is 10.5. The maximum absolute atomic E-state index is 11.1.